The van der Waals surface area contributed by atoms with Crippen molar-refractivity contribution in [2.24, 2.45) is 0 Å². The average Bonchev–Trinajstić information content (AvgIpc) is 2.94. The van der Waals surface area contributed by atoms with E-state index >= 15 is 0 Å². The highest BCUT2D eigenvalue weighted by Crippen LogP contribution is 2.36. The van der Waals surface area contributed by atoms with E-state index in [0.29, 0.717) is 11.2 Å². The van der Waals surface area contributed by atoms with Crippen molar-refractivity contribution in [2.75, 3.05) is 5.73 Å². The zero-order valence-electron chi connectivity index (χ0n) is 9.94. The fraction of sp³-hybridized carbons (Fsp3) is 0.273. The van der Waals surface area contributed by atoms with Gasteiger partial charge in [-0.2, -0.15) is 8.78 Å². The Morgan fingerprint density at radius 2 is 2.10 bits per heavy atom. The number of anilines is 1. The monoisotopic (exact) mass is 284 g/mol. The van der Waals surface area contributed by atoms with E-state index in [0.717, 1.165) is 0 Å². The molecule has 106 valence electrons. The third-order valence-electron chi connectivity index (χ3n) is 3.08. The van der Waals surface area contributed by atoms with Crippen molar-refractivity contribution < 1.29 is 23.7 Å². The topological polar surface area (TPSA) is 106 Å². The molecule has 2 aromatic rings. The van der Waals surface area contributed by atoms with Gasteiger partial charge in [-0.1, -0.05) is 0 Å². The number of nitrogens with zero attached hydrogens (tertiary/aromatic N) is 3. The van der Waals surface area contributed by atoms with Crippen LogP contribution in [-0.4, -0.2) is 37.0 Å². The number of hydrogen-bond donors (Lipinski definition) is 3. The first-order chi connectivity index (χ1) is 9.50. The summed E-state index contributed by atoms with van der Waals surface area (Å²) >= 11 is 0. The van der Waals surface area contributed by atoms with Gasteiger partial charge in [0.25, 0.3) is 0 Å². The Morgan fingerprint density at radius 1 is 1.35 bits per heavy atom. The largest absolute Gasteiger partial charge is 0.463 e. The van der Waals surface area contributed by atoms with Crippen LogP contribution in [0.25, 0.3) is 11.2 Å². The molecule has 1 fully saturated rings. The second-order valence-electron chi connectivity index (χ2n) is 4.29. The summed E-state index contributed by atoms with van der Waals surface area (Å²) in [5.74, 6) is -0.951. The zero-order chi connectivity index (χ0) is 14.4. The summed E-state index contributed by atoms with van der Waals surface area (Å²) in [6, 6.07) is 1.53. The van der Waals surface area contributed by atoms with Gasteiger partial charge in [-0.3, -0.25) is 4.57 Å². The van der Waals surface area contributed by atoms with Crippen molar-refractivity contribution >= 4 is 16.9 Å². The van der Waals surface area contributed by atoms with Gasteiger partial charge in [0.15, 0.2) is 11.4 Å². The second-order valence-corrected chi connectivity index (χ2v) is 4.29. The van der Waals surface area contributed by atoms with Crippen molar-refractivity contribution in [3.8, 4) is 0 Å². The molecule has 0 aromatic carbocycles. The molecule has 1 saturated heterocycles. The van der Waals surface area contributed by atoms with Crippen LogP contribution in [0.4, 0.5) is 14.5 Å². The number of nitrogen functional groups attached to an aromatic ring is 1. The Balaban J connectivity index is 2.09. The van der Waals surface area contributed by atoms with Crippen LogP contribution < -0.4 is 5.73 Å². The molecule has 0 saturated carbocycles. The van der Waals surface area contributed by atoms with E-state index in [9.17, 15) is 19.0 Å². The number of halogens is 2. The summed E-state index contributed by atoms with van der Waals surface area (Å²) in [4.78, 5) is 8.01. The van der Waals surface area contributed by atoms with Gasteiger partial charge in [0, 0.05) is 6.20 Å². The first kappa shape index (κ1) is 12.8. The number of aliphatic hydroxyl groups is 2. The molecule has 0 bridgehead atoms. The van der Waals surface area contributed by atoms with Crippen molar-refractivity contribution in [1.82, 2.24) is 14.5 Å². The Morgan fingerprint density at radius 3 is 2.75 bits per heavy atom. The molecule has 2 aromatic heterocycles. The van der Waals surface area contributed by atoms with Crippen LogP contribution >= 0.6 is 0 Å². The maximum absolute atomic E-state index is 12.6. The predicted molar refractivity (Wildman–Crippen MR) is 63.3 cm³/mol. The lowest BCUT2D eigenvalue weighted by Gasteiger charge is -2.15. The van der Waals surface area contributed by atoms with Crippen LogP contribution in [-0.2, 0) is 4.74 Å². The summed E-state index contributed by atoms with van der Waals surface area (Å²) in [6.07, 6.45) is -4.12. The molecule has 3 atom stereocenters. The van der Waals surface area contributed by atoms with Gasteiger partial charge in [-0.25, -0.2) is 9.97 Å². The van der Waals surface area contributed by atoms with Gasteiger partial charge in [0.1, 0.15) is 24.1 Å². The minimum atomic E-state index is -2.18. The molecule has 0 unspecified atom stereocenters. The highest BCUT2D eigenvalue weighted by Gasteiger charge is 2.44. The van der Waals surface area contributed by atoms with Crippen molar-refractivity contribution in [3.63, 3.8) is 0 Å². The van der Waals surface area contributed by atoms with Gasteiger partial charge in [-0.05, 0) is 6.07 Å². The molecule has 7 nitrogen and oxygen atoms in total. The van der Waals surface area contributed by atoms with E-state index < -0.39 is 30.3 Å². The number of aromatic nitrogens is 3. The molecule has 9 heteroatoms. The number of rotatable bonds is 1. The van der Waals surface area contributed by atoms with E-state index in [1.54, 1.807) is 0 Å². The van der Waals surface area contributed by atoms with Crippen molar-refractivity contribution in [3.05, 3.63) is 30.4 Å². The summed E-state index contributed by atoms with van der Waals surface area (Å²) in [6.45, 7) is 0. The summed E-state index contributed by atoms with van der Waals surface area (Å²) in [5.41, 5.74) is 6.69. The Hall–Kier alpha value is -2.26. The van der Waals surface area contributed by atoms with Crippen LogP contribution in [0.15, 0.2) is 30.4 Å². The molecule has 3 heterocycles. The van der Waals surface area contributed by atoms with Crippen molar-refractivity contribution in [1.29, 1.82) is 0 Å². The lowest BCUT2D eigenvalue weighted by Crippen LogP contribution is -2.27. The van der Waals surface area contributed by atoms with E-state index in [-0.39, 0.29) is 5.65 Å². The summed E-state index contributed by atoms with van der Waals surface area (Å²) in [5, 5.41) is 19.4. The molecule has 0 aliphatic carbocycles. The predicted octanol–water partition coefficient (Wildman–Crippen LogP) is 0.372. The lowest BCUT2D eigenvalue weighted by atomic mass is 10.2. The Labute approximate surface area is 110 Å². The maximum Gasteiger partial charge on any atom is 0.310 e. The molecular formula is C11H10F2N4O3. The fourth-order valence-corrected chi connectivity index (χ4v) is 2.10. The molecule has 3 rings (SSSR count). The van der Waals surface area contributed by atoms with Gasteiger partial charge in [0.05, 0.1) is 5.69 Å². The minimum absolute atomic E-state index is 0.266. The Kier molecular flexibility index (Phi) is 2.80. The molecule has 1 aliphatic rings. The van der Waals surface area contributed by atoms with Crippen LogP contribution in [0.3, 0.4) is 0 Å². The molecule has 0 radical (unpaired) electrons. The quantitative estimate of drug-likeness (QED) is 0.698. The molecule has 20 heavy (non-hydrogen) atoms. The number of pyridine rings is 1. The molecule has 4 N–H and O–H groups in total. The first-order valence-electron chi connectivity index (χ1n) is 5.65. The number of imidazole rings is 1. The van der Waals surface area contributed by atoms with Crippen LogP contribution in [0.1, 0.15) is 6.23 Å². The average molecular weight is 284 g/mol. The Bertz CT molecular complexity index is 698. The van der Waals surface area contributed by atoms with Gasteiger partial charge >= 0.3 is 6.08 Å². The molecule has 0 spiro atoms. The standard InChI is InChI=1S/C11H10F2N4O3/c12-9(13)8-6(18)7(19)11(20-8)17-3-16-5-4(14)1-2-15-10(5)17/h1-3,6-7,11,18-19H,(H2,14,15)/t6-,7+,11+/m0/s1. The third-order valence-corrected chi connectivity index (χ3v) is 3.08. The van der Waals surface area contributed by atoms with E-state index in [2.05, 4.69) is 9.97 Å². The highest BCUT2D eigenvalue weighted by atomic mass is 19.3. The van der Waals surface area contributed by atoms with Gasteiger partial charge in [0.2, 0.25) is 6.23 Å². The highest BCUT2D eigenvalue weighted by molar-refractivity contribution is 5.83. The van der Waals surface area contributed by atoms with Crippen LogP contribution in [0.2, 0.25) is 0 Å². The number of hydrogen-bond acceptors (Lipinski definition) is 6. The summed E-state index contributed by atoms with van der Waals surface area (Å²) < 4.78 is 31.3. The SMILES string of the molecule is Nc1ccnc2c1ncn2[C@@H]1OC(=C(F)F)[C@@H](O)[C@H]1O. The van der Waals surface area contributed by atoms with Gasteiger partial charge < -0.3 is 20.7 Å². The smallest absolute Gasteiger partial charge is 0.310 e. The number of nitrogens with two attached hydrogens (primary N) is 1. The van der Waals surface area contributed by atoms with E-state index in [1.807, 2.05) is 0 Å². The maximum atomic E-state index is 12.6. The van der Waals surface area contributed by atoms with Gasteiger partial charge in [-0.15, -0.1) is 0 Å². The first-order valence-corrected chi connectivity index (χ1v) is 5.65. The minimum Gasteiger partial charge on any atom is -0.463 e. The normalized spacial score (nSPS) is 26.0. The lowest BCUT2D eigenvalue weighted by molar-refractivity contribution is -0.0124. The van der Waals surface area contributed by atoms with E-state index in [1.165, 1.54) is 23.2 Å². The number of aliphatic hydroxyl groups excluding tert-OH is 2. The number of fused-ring (bicyclic) bond motifs is 1. The zero-order valence-corrected chi connectivity index (χ0v) is 9.94. The van der Waals surface area contributed by atoms with Crippen LogP contribution in [0, 0.1) is 0 Å². The molecular weight excluding hydrogens is 274 g/mol. The van der Waals surface area contributed by atoms with Crippen LogP contribution in [0.5, 0.6) is 0 Å². The number of ether oxygens (including phenoxy) is 1. The third kappa shape index (κ3) is 1.71. The van der Waals surface area contributed by atoms with Crippen molar-refractivity contribution in [2.45, 2.75) is 18.4 Å². The summed E-state index contributed by atoms with van der Waals surface area (Å²) in [7, 11) is 0. The molecule has 0 amide bonds. The molecule has 1 aliphatic heterocycles. The van der Waals surface area contributed by atoms with E-state index in [4.69, 9.17) is 10.5 Å². The fourth-order valence-electron chi connectivity index (χ4n) is 2.10. The second kappa shape index (κ2) is 4.39.